The summed E-state index contributed by atoms with van der Waals surface area (Å²) in [5, 5.41) is 24.4. The topological polar surface area (TPSA) is 123 Å². The summed E-state index contributed by atoms with van der Waals surface area (Å²) in [6.45, 7) is 2.01. The Balaban J connectivity index is 2.17. The molecule has 0 aliphatic carbocycles. The zero-order valence-corrected chi connectivity index (χ0v) is 12.5. The fourth-order valence-electron chi connectivity index (χ4n) is 2.09. The van der Waals surface area contributed by atoms with Crippen LogP contribution < -0.4 is 4.57 Å². The third-order valence-corrected chi connectivity index (χ3v) is 3.28. The van der Waals surface area contributed by atoms with Crippen molar-refractivity contribution in [2.75, 3.05) is 0 Å². The van der Waals surface area contributed by atoms with Crippen molar-refractivity contribution < 1.29 is 24.4 Å². The number of aliphatic carboxylic acids is 2. The summed E-state index contributed by atoms with van der Waals surface area (Å²) in [4.78, 5) is 24.8. The first kappa shape index (κ1) is 16.2. The summed E-state index contributed by atoms with van der Waals surface area (Å²) in [6.07, 6.45) is 9.74. The SMILES string of the molecule is C/C(=C\c1c[nH]c[n+]1CC/C(=C\C(=O)O)c1cn[nH]c1)C(=O)O. The van der Waals surface area contributed by atoms with Crippen molar-refractivity contribution in [3.8, 4) is 0 Å². The average Bonchev–Trinajstić information content (AvgIpc) is 3.14. The molecule has 0 aliphatic rings. The molecule has 8 heteroatoms. The van der Waals surface area contributed by atoms with E-state index in [1.54, 1.807) is 31.0 Å². The molecule has 0 spiro atoms. The number of carboxylic acids is 2. The molecule has 0 saturated carbocycles. The number of H-pyrrole nitrogens is 2. The van der Waals surface area contributed by atoms with Crippen LogP contribution in [-0.2, 0) is 16.1 Å². The molecule has 2 rings (SSSR count). The molecule has 0 amide bonds. The first-order valence-electron chi connectivity index (χ1n) is 6.88. The van der Waals surface area contributed by atoms with E-state index in [1.165, 1.54) is 6.92 Å². The lowest BCUT2D eigenvalue weighted by atomic mass is 10.1. The fraction of sp³-hybridized carbons (Fsp3) is 0.200. The molecule has 2 heterocycles. The molecule has 0 unspecified atom stereocenters. The number of imidazole rings is 1. The van der Waals surface area contributed by atoms with Gasteiger partial charge in [0.2, 0.25) is 6.33 Å². The zero-order chi connectivity index (χ0) is 16.8. The van der Waals surface area contributed by atoms with Crippen molar-refractivity contribution in [2.45, 2.75) is 19.9 Å². The maximum absolute atomic E-state index is 11.0. The first-order chi connectivity index (χ1) is 11.0. The Bertz CT molecular complexity index is 756. The third-order valence-electron chi connectivity index (χ3n) is 3.28. The Hall–Kier alpha value is -3.16. The number of hydrogen-bond donors (Lipinski definition) is 4. The first-order valence-corrected chi connectivity index (χ1v) is 6.88. The molecule has 8 nitrogen and oxygen atoms in total. The van der Waals surface area contributed by atoms with Crippen LogP contribution in [0.25, 0.3) is 11.6 Å². The number of allylic oxidation sites excluding steroid dienone is 1. The zero-order valence-electron chi connectivity index (χ0n) is 12.5. The van der Waals surface area contributed by atoms with Gasteiger partial charge < -0.3 is 10.2 Å². The molecule has 0 radical (unpaired) electrons. The van der Waals surface area contributed by atoms with Crippen LogP contribution in [0.3, 0.4) is 0 Å². The molecule has 0 aromatic carbocycles. The number of nitrogens with one attached hydrogen (secondary N) is 2. The fourth-order valence-corrected chi connectivity index (χ4v) is 2.09. The Kier molecular flexibility index (Phi) is 5.08. The molecular formula is C15H17N4O4+. The smallest absolute Gasteiger partial charge is 0.331 e. The van der Waals surface area contributed by atoms with E-state index in [2.05, 4.69) is 15.2 Å². The van der Waals surface area contributed by atoms with Gasteiger partial charge in [0.1, 0.15) is 6.20 Å². The summed E-state index contributed by atoms with van der Waals surface area (Å²) in [5.41, 5.74) is 2.26. The van der Waals surface area contributed by atoms with E-state index in [0.717, 1.165) is 6.08 Å². The Labute approximate surface area is 131 Å². The second-order valence-electron chi connectivity index (χ2n) is 4.94. The average molecular weight is 317 g/mol. The van der Waals surface area contributed by atoms with Crippen LogP contribution in [0, 0.1) is 0 Å². The maximum atomic E-state index is 11.0. The number of carboxylic acid groups (broad SMARTS) is 2. The van der Waals surface area contributed by atoms with Crippen molar-refractivity contribution in [3.63, 3.8) is 0 Å². The molecule has 23 heavy (non-hydrogen) atoms. The number of carbonyl (C=O) groups is 2. The molecule has 2 aromatic heterocycles. The number of hydrogen-bond acceptors (Lipinski definition) is 3. The van der Waals surface area contributed by atoms with E-state index in [0.29, 0.717) is 29.8 Å². The monoisotopic (exact) mass is 317 g/mol. The number of aromatic nitrogens is 4. The minimum absolute atomic E-state index is 0.217. The van der Waals surface area contributed by atoms with Gasteiger partial charge in [0.15, 0.2) is 5.69 Å². The highest BCUT2D eigenvalue weighted by molar-refractivity contribution is 5.91. The Morgan fingerprint density at radius 1 is 1.35 bits per heavy atom. The molecule has 2 aromatic rings. The maximum Gasteiger partial charge on any atom is 0.331 e. The molecular weight excluding hydrogens is 300 g/mol. The standard InChI is InChI=1S/C15H16N4O4/c1-10(15(22)23)4-13-8-16-9-19(13)3-2-11(5-14(20)21)12-6-17-18-7-12/h4-9H,2-3H2,1H3,(H3,17,18,20,21,22,23)/p+1/b10-4+,11-5+. The van der Waals surface area contributed by atoms with E-state index in [1.807, 2.05) is 4.57 Å². The largest absolute Gasteiger partial charge is 0.478 e. The highest BCUT2D eigenvalue weighted by atomic mass is 16.4. The highest BCUT2D eigenvalue weighted by Crippen LogP contribution is 2.16. The van der Waals surface area contributed by atoms with Crippen molar-refractivity contribution in [3.05, 3.63) is 47.8 Å². The lowest BCUT2D eigenvalue weighted by Crippen LogP contribution is -2.34. The van der Waals surface area contributed by atoms with Crippen molar-refractivity contribution in [1.82, 2.24) is 15.2 Å². The van der Waals surface area contributed by atoms with E-state index in [9.17, 15) is 9.59 Å². The lowest BCUT2D eigenvalue weighted by molar-refractivity contribution is -0.696. The Morgan fingerprint density at radius 2 is 2.13 bits per heavy atom. The van der Waals surface area contributed by atoms with E-state index in [-0.39, 0.29) is 5.57 Å². The van der Waals surface area contributed by atoms with E-state index in [4.69, 9.17) is 10.2 Å². The Morgan fingerprint density at radius 3 is 2.74 bits per heavy atom. The predicted octanol–water partition coefficient (Wildman–Crippen LogP) is 1.07. The summed E-state index contributed by atoms with van der Waals surface area (Å²) < 4.78 is 1.82. The van der Waals surface area contributed by atoms with Gasteiger partial charge in [-0.25, -0.2) is 19.1 Å². The molecule has 0 atom stereocenters. The molecule has 0 bridgehead atoms. The van der Waals surface area contributed by atoms with Gasteiger partial charge in [-0.05, 0) is 18.6 Å². The van der Waals surface area contributed by atoms with Gasteiger partial charge in [0.25, 0.3) is 0 Å². The van der Waals surface area contributed by atoms with Crippen LogP contribution in [0.15, 0.2) is 36.6 Å². The summed E-state index contributed by atoms with van der Waals surface area (Å²) >= 11 is 0. The van der Waals surface area contributed by atoms with Gasteiger partial charge in [0.05, 0.1) is 12.7 Å². The van der Waals surface area contributed by atoms with Gasteiger partial charge in [-0.1, -0.05) is 0 Å². The molecule has 4 N–H and O–H groups in total. The second-order valence-corrected chi connectivity index (χ2v) is 4.94. The van der Waals surface area contributed by atoms with Gasteiger partial charge >= 0.3 is 11.9 Å². The number of aryl methyl sites for hydroxylation is 1. The number of aromatic amines is 2. The lowest BCUT2D eigenvalue weighted by Gasteiger charge is -2.03. The summed E-state index contributed by atoms with van der Waals surface area (Å²) in [5.74, 6) is -2.01. The van der Waals surface area contributed by atoms with Crippen molar-refractivity contribution in [2.24, 2.45) is 0 Å². The minimum atomic E-state index is -1.03. The quantitative estimate of drug-likeness (QED) is 0.449. The normalized spacial score (nSPS) is 12.4. The minimum Gasteiger partial charge on any atom is -0.478 e. The van der Waals surface area contributed by atoms with Crippen molar-refractivity contribution >= 4 is 23.6 Å². The van der Waals surface area contributed by atoms with Crippen molar-refractivity contribution in [1.29, 1.82) is 0 Å². The van der Waals surface area contributed by atoms with Gasteiger partial charge in [-0.3, -0.25) is 5.10 Å². The second kappa shape index (κ2) is 7.21. The number of rotatable bonds is 7. The number of nitrogens with zero attached hydrogens (tertiary/aromatic N) is 2. The van der Waals surface area contributed by atoms with Gasteiger partial charge in [-0.2, -0.15) is 5.10 Å². The molecule has 120 valence electrons. The highest BCUT2D eigenvalue weighted by Gasteiger charge is 2.12. The van der Waals surface area contributed by atoms with Crippen LogP contribution in [0.2, 0.25) is 0 Å². The van der Waals surface area contributed by atoms with E-state index < -0.39 is 11.9 Å². The summed E-state index contributed by atoms with van der Waals surface area (Å²) in [6, 6.07) is 0. The van der Waals surface area contributed by atoms with Crippen LogP contribution in [0.5, 0.6) is 0 Å². The summed E-state index contributed by atoms with van der Waals surface area (Å²) in [7, 11) is 0. The van der Waals surface area contributed by atoms with Gasteiger partial charge in [-0.15, -0.1) is 0 Å². The third kappa shape index (κ3) is 4.40. The van der Waals surface area contributed by atoms with E-state index >= 15 is 0 Å². The van der Waals surface area contributed by atoms with Crippen LogP contribution in [0.4, 0.5) is 0 Å². The van der Waals surface area contributed by atoms with Gasteiger partial charge in [0, 0.05) is 29.8 Å². The van der Waals surface area contributed by atoms with Crippen LogP contribution in [0.1, 0.15) is 24.6 Å². The molecule has 0 saturated heterocycles. The van der Waals surface area contributed by atoms with Crippen LogP contribution in [-0.4, -0.2) is 37.3 Å². The predicted molar refractivity (Wildman–Crippen MR) is 81.1 cm³/mol. The van der Waals surface area contributed by atoms with Crippen LogP contribution >= 0.6 is 0 Å². The molecule has 0 aliphatic heterocycles. The molecule has 0 fully saturated rings.